The fraction of sp³-hybridized carbons (Fsp3) is 0.647. The van der Waals surface area contributed by atoms with Gasteiger partial charge in [0, 0.05) is 6.54 Å². The molecule has 1 heterocycles. The molecule has 1 saturated heterocycles. The second-order valence-corrected chi connectivity index (χ2v) is 5.72. The molecule has 21 heavy (non-hydrogen) atoms. The first-order valence-corrected chi connectivity index (χ1v) is 7.90. The van der Waals surface area contributed by atoms with Gasteiger partial charge in [-0.2, -0.15) is 0 Å². The third-order valence-corrected chi connectivity index (χ3v) is 3.82. The van der Waals surface area contributed by atoms with Crippen LogP contribution in [0, 0.1) is 0 Å². The van der Waals surface area contributed by atoms with Gasteiger partial charge in [0.15, 0.2) is 0 Å². The molecule has 4 heteroatoms. The molecular formula is C17H27ClNO2-. The summed E-state index contributed by atoms with van der Waals surface area (Å²) in [7, 11) is 0. The van der Waals surface area contributed by atoms with Crippen molar-refractivity contribution in [3.8, 4) is 5.75 Å². The number of benzene rings is 1. The zero-order chi connectivity index (χ0) is 14.2. The van der Waals surface area contributed by atoms with E-state index in [1.54, 1.807) is 0 Å². The van der Waals surface area contributed by atoms with Crippen molar-refractivity contribution in [3.63, 3.8) is 0 Å². The predicted molar refractivity (Wildman–Crippen MR) is 82.2 cm³/mol. The van der Waals surface area contributed by atoms with Crippen molar-refractivity contribution in [1.82, 2.24) is 4.90 Å². The molecule has 120 valence electrons. The van der Waals surface area contributed by atoms with Gasteiger partial charge in [0.05, 0.1) is 0 Å². The maximum Gasteiger partial charge on any atom is 0.119 e. The molecule has 1 aromatic rings. The van der Waals surface area contributed by atoms with Crippen LogP contribution < -0.4 is 17.1 Å². The van der Waals surface area contributed by atoms with Crippen LogP contribution in [0.15, 0.2) is 24.3 Å². The molecule has 2 rings (SSSR count). The van der Waals surface area contributed by atoms with Crippen LogP contribution in [-0.4, -0.2) is 42.4 Å². The van der Waals surface area contributed by atoms with E-state index in [9.17, 15) is 5.11 Å². The number of rotatable bonds is 7. The van der Waals surface area contributed by atoms with Crippen LogP contribution in [0.4, 0.5) is 0 Å². The number of nitrogens with zero attached hydrogens (tertiary/aromatic N) is 1. The van der Waals surface area contributed by atoms with E-state index in [1.807, 2.05) is 12.1 Å². The molecular weight excluding hydrogens is 286 g/mol. The number of halogens is 1. The first kappa shape index (κ1) is 18.3. The van der Waals surface area contributed by atoms with Gasteiger partial charge in [0.2, 0.25) is 0 Å². The Labute approximate surface area is 134 Å². The van der Waals surface area contributed by atoms with Gasteiger partial charge in [0.1, 0.15) is 18.5 Å². The Morgan fingerprint density at radius 3 is 2.43 bits per heavy atom. The number of piperidine rings is 1. The second kappa shape index (κ2) is 10.0. The summed E-state index contributed by atoms with van der Waals surface area (Å²) >= 11 is 0. The standard InChI is InChI=1S/C17H27NO2.ClH/c1-2-6-15-7-9-17(10-8-15)20-14-16(19)13-18-11-4-3-5-12-18;/h7-10,16,19H,2-6,11-14H2,1H3;1H/p-1. The number of aryl methyl sites for hydroxylation is 1. The molecule has 0 aromatic heterocycles. The van der Waals surface area contributed by atoms with Gasteiger partial charge < -0.3 is 27.2 Å². The van der Waals surface area contributed by atoms with E-state index in [2.05, 4.69) is 24.0 Å². The molecule has 0 saturated carbocycles. The average Bonchev–Trinajstić information content (AvgIpc) is 2.48. The molecule has 0 spiro atoms. The summed E-state index contributed by atoms with van der Waals surface area (Å²) in [5.41, 5.74) is 1.34. The van der Waals surface area contributed by atoms with E-state index < -0.39 is 6.10 Å². The van der Waals surface area contributed by atoms with Gasteiger partial charge in [-0.25, -0.2) is 0 Å². The van der Waals surface area contributed by atoms with E-state index in [0.717, 1.165) is 38.2 Å². The van der Waals surface area contributed by atoms with Crippen molar-refractivity contribution >= 4 is 0 Å². The van der Waals surface area contributed by atoms with Crippen molar-refractivity contribution in [2.75, 3.05) is 26.2 Å². The first-order chi connectivity index (χ1) is 9.78. The average molecular weight is 313 g/mol. The van der Waals surface area contributed by atoms with Gasteiger partial charge in [-0.15, -0.1) is 0 Å². The lowest BCUT2D eigenvalue weighted by Crippen LogP contribution is -3.00. The lowest BCUT2D eigenvalue weighted by Gasteiger charge is -2.28. The van der Waals surface area contributed by atoms with Gasteiger partial charge >= 0.3 is 0 Å². The Morgan fingerprint density at radius 2 is 1.81 bits per heavy atom. The van der Waals surface area contributed by atoms with Crippen LogP contribution in [0.3, 0.4) is 0 Å². The minimum atomic E-state index is -0.400. The molecule has 1 atom stereocenters. The normalized spacial score (nSPS) is 17.0. The number of β-amino-alcohol motifs (C(OH)–C–C–N with tert-alkyl or cyclic N) is 1. The highest BCUT2D eigenvalue weighted by Gasteiger charge is 2.14. The fourth-order valence-electron chi connectivity index (χ4n) is 2.73. The number of likely N-dealkylation sites (tertiary alicyclic amines) is 1. The first-order valence-electron chi connectivity index (χ1n) is 7.90. The number of hydrogen-bond acceptors (Lipinski definition) is 3. The SMILES string of the molecule is CCCc1ccc(OCC(O)CN2CCCCC2)cc1.[Cl-]. The summed E-state index contributed by atoms with van der Waals surface area (Å²) in [5.74, 6) is 0.850. The molecule has 0 amide bonds. The molecule has 1 aromatic carbocycles. The molecule has 1 aliphatic heterocycles. The maximum atomic E-state index is 10.0. The number of aliphatic hydroxyl groups is 1. The van der Waals surface area contributed by atoms with E-state index in [0.29, 0.717) is 6.61 Å². The van der Waals surface area contributed by atoms with Gasteiger partial charge in [-0.1, -0.05) is 31.9 Å². The molecule has 0 radical (unpaired) electrons. The summed E-state index contributed by atoms with van der Waals surface area (Å²) in [6.07, 6.45) is 5.71. The van der Waals surface area contributed by atoms with Crippen molar-refractivity contribution < 1.29 is 22.3 Å². The van der Waals surface area contributed by atoms with E-state index in [4.69, 9.17) is 4.74 Å². The zero-order valence-electron chi connectivity index (χ0n) is 12.9. The van der Waals surface area contributed by atoms with Crippen molar-refractivity contribution in [1.29, 1.82) is 0 Å². The highest BCUT2D eigenvalue weighted by Crippen LogP contribution is 2.14. The number of ether oxygens (including phenoxy) is 1. The minimum absolute atomic E-state index is 0. The molecule has 1 N–H and O–H groups in total. The monoisotopic (exact) mass is 312 g/mol. The predicted octanol–water partition coefficient (Wildman–Crippen LogP) is -0.131. The second-order valence-electron chi connectivity index (χ2n) is 5.72. The van der Waals surface area contributed by atoms with Crippen LogP contribution in [0.1, 0.15) is 38.2 Å². The Bertz CT molecular complexity index is 377. The van der Waals surface area contributed by atoms with E-state index in [-0.39, 0.29) is 12.4 Å². The third kappa shape index (κ3) is 6.68. The highest BCUT2D eigenvalue weighted by molar-refractivity contribution is 5.27. The van der Waals surface area contributed by atoms with Crippen LogP contribution in [0.25, 0.3) is 0 Å². The zero-order valence-corrected chi connectivity index (χ0v) is 13.7. The van der Waals surface area contributed by atoms with Gasteiger partial charge in [-0.3, -0.25) is 0 Å². The lowest BCUT2D eigenvalue weighted by molar-refractivity contribution is -0.00000660. The Kier molecular flexibility index (Phi) is 8.74. The Balaban J connectivity index is 0.00000220. The largest absolute Gasteiger partial charge is 1.00 e. The Hall–Kier alpha value is -0.770. The van der Waals surface area contributed by atoms with Crippen molar-refractivity contribution in [3.05, 3.63) is 29.8 Å². The summed E-state index contributed by atoms with van der Waals surface area (Å²) in [5, 5.41) is 10.0. The molecule has 1 unspecified atom stereocenters. The van der Waals surface area contributed by atoms with Crippen LogP contribution >= 0.6 is 0 Å². The molecule has 3 nitrogen and oxygen atoms in total. The number of hydrogen-bond donors (Lipinski definition) is 1. The van der Waals surface area contributed by atoms with Gasteiger partial charge in [-0.05, 0) is 50.0 Å². The highest BCUT2D eigenvalue weighted by atomic mass is 35.5. The smallest absolute Gasteiger partial charge is 0.119 e. The molecule has 1 aliphatic rings. The van der Waals surface area contributed by atoms with Crippen LogP contribution in [0.2, 0.25) is 0 Å². The van der Waals surface area contributed by atoms with Crippen LogP contribution in [0.5, 0.6) is 5.75 Å². The lowest BCUT2D eigenvalue weighted by atomic mass is 10.1. The summed E-state index contributed by atoms with van der Waals surface area (Å²) in [4.78, 5) is 2.34. The molecule has 1 fully saturated rings. The maximum absolute atomic E-state index is 10.0. The molecule has 0 bridgehead atoms. The molecule has 0 aliphatic carbocycles. The van der Waals surface area contributed by atoms with E-state index in [1.165, 1.54) is 24.8 Å². The summed E-state index contributed by atoms with van der Waals surface area (Å²) in [6.45, 7) is 5.52. The summed E-state index contributed by atoms with van der Waals surface area (Å²) in [6, 6.07) is 8.21. The Morgan fingerprint density at radius 1 is 1.14 bits per heavy atom. The quantitative estimate of drug-likeness (QED) is 0.761. The fourth-order valence-corrected chi connectivity index (χ4v) is 2.73. The number of aliphatic hydroxyl groups excluding tert-OH is 1. The third-order valence-electron chi connectivity index (χ3n) is 3.82. The summed E-state index contributed by atoms with van der Waals surface area (Å²) < 4.78 is 5.67. The van der Waals surface area contributed by atoms with Crippen LogP contribution in [-0.2, 0) is 6.42 Å². The van der Waals surface area contributed by atoms with Crippen molar-refractivity contribution in [2.45, 2.75) is 45.1 Å². The van der Waals surface area contributed by atoms with E-state index >= 15 is 0 Å². The topological polar surface area (TPSA) is 32.7 Å². The van der Waals surface area contributed by atoms with Crippen molar-refractivity contribution in [2.24, 2.45) is 0 Å². The minimum Gasteiger partial charge on any atom is -1.00 e. The van der Waals surface area contributed by atoms with Gasteiger partial charge in [0.25, 0.3) is 0 Å².